The minimum Gasteiger partial charge on any atom is -0.343 e. The molecule has 21 heavy (non-hydrogen) atoms. The summed E-state index contributed by atoms with van der Waals surface area (Å²) in [4.78, 5) is 17.0. The smallest absolute Gasteiger partial charge is 0.283 e. The second-order valence-electron chi connectivity index (χ2n) is 5.49. The average Bonchev–Trinajstić information content (AvgIpc) is 3.00. The third-order valence-electron chi connectivity index (χ3n) is 4.04. The number of aromatic nitrogens is 6. The molecule has 0 atom stereocenters. The zero-order chi connectivity index (χ0) is 14.6. The Morgan fingerprint density at radius 1 is 1.29 bits per heavy atom. The van der Waals surface area contributed by atoms with E-state index in [9.17, 15) is 4.79 Å². The van der Waals surface area contributed by atoms with Crippen molar-refractivity contribution in [2.45, 2.75) is 32.7 Å². The van der Waals surface area contributed by atoms with E-state index in [-0.39, 0.29) is 5.56 Å². The number of fused-ring (bicyclic) bond motifs is 3. The molecule has 4 rings (SSSR count). The molecule has 0 unspecified atom stereocenters. The van der Waals surface area contributed by atoms with Gasteiger partial charge in [-0.2, -0.15) is 19.9 Å². The van der Waals surface area contributed by atoms with Gasteiger partial charge in [0.2, 0.25) is 0 Å². The van der Waals surface area contributed by atoms with Gasteiger partial charge in [0.05, 0.1) is 17.1 Å². The first-order valence-electron chi connectivity index (χ1n) is 7.13. The molecule has 0 bridgehead atoms. The van der Waals surface area contributed by atoms with E-state index < -0.39 is 0 Å². The quantitative estimate of drug-likeness (QED) is 0.667. The predicted molar refractivity (Wildman–Crippen MR) is 77.6 cm³/mol. The summed E-state index contributed by atoms with van der Waals surface area (Å²) in [6.07, 6.45) is 5.12. The fourth-order valence-corrected chi connectivity index (χ4v) is 3.08. The maximum Gasteiger partial charge on any atom is 0.283 e. The fourth-order valence-electron chi connectivity index (χ4n) is 3.08. The van der Waals surface area contributed by atoms with Gasteiger partial charge in [-0.25, -0.2) is 4.68 Å². The zero-order valence-corrected chi connectivity index (χ0v) is 12.1. The molecule has 0 amide bonds. The van der Waals surface area contributed by atoms with Gasteiger partial charge in [0, 0.05) is 19.3 Å². The molecule has 108 valence electrons. The normalized spacial score (nSPS) is 14.6. The van der Waals surface area contributed by atoms with Crippen LogP contribution < -0.4 is 5.56 Å². The summed E-state index contributed by atoms with van der Waals surface area (Å²) in [5.74, 6) is 1.07. The van der Waals surface area contributed by atoms with Gasteiger partial charge in [-0.15, -0.1) is 0 Å². The van der Waals surface area contributed by atoms with E-state index in [1.807, 2.05) is 6.07 Å². The Kier molecular flexibility index (Phi) is 2.51. The van der Waals surface area contributed by atoms with Crippen LogP contribution in [0.5, 0.6) is 0 Å². The first kappa shape index (κ1) is 12.3. The van der Waals surface area contributed by atoms with Gasteiger partial charge in [-0.3, -0.25) is 4.79 Å². The van der Waals surface area contributed by atoms with Crippen molar-refractivity contribution in [2.24, 2.45) is 7.05 Å². The van der Waals surface area contributed by atoms with Crippen molar-refractivity contribution in [1.29, 1.82) is 0 Å². The molecule has 0 aromatic carbocycles. The Bertz CT molecular complexity index is 900. The van der Waals surface area contributed by atoms with Crippen LogP contribution in [0, 0.1) is 6.92 Å². The molecule has 1 aliphatic heterocycles. The first-order chi connectivity index (χ1) is 10.1. The molecule has 0 N–H and O–H groups in total. The number of hydrogen-bond donors (Lipinski definition) is 0. The van der Waals surface area contributed by atoms with Gasteiger partial charge >= 0.3 is 0 Å². The SMILES string of the molecule is Cc1nc(-n2ncc3c(cc4n3CCCC4)c2=O)n(C)n1. The van der Waals surface area contributed by atoms with E-state index in [2.05, 4.69) is 19.7 Å². The second kappa shape index (κ2) is 4.28. The largest absolute Gasteiger partial charge is 0.343 e. The molecule has 1 aliphatic rings. The fraction of sp³-hybridized carbons (Fsp3) is 0.429. The highest BCUT2D eigenvalue weighted by atomic mass is 16.1. The average molecular weight is 284 g/mol. The molecule has 0 aliphatic carbocycles. The van der Waals surface area contributed by atoms with Gasteiger partial charge in [0.1, 0.15) is 5.82 Å². The molecule has 3 aromatic rings. The predicted octanol–water partition coefficient (Wildman–Crippen LogP) is 0.960. The highest BCUT2D eigenvalue weighted by molar-refractivity contribution is 5.79. The van der Waals surface area contributed by atoms with E-state index in [0.29, 0.717) is 17.2 Å². The molecule has 7 heteroatoms. The van der Waals surface area contributed by atoms with Gasteiger partial charge in [-0.1, -0.05) is 0 Å². The number of aryl methyl sites for hydroxylation is 4. The minimum atomic E-state index is -0.134. The van der Waals surface area contributed by atoms with Crippen molar-refractivity contribution in [2.75, 3.05) is 0 Å². The lowest BCUT2D eigenvalue weighted by atomic mass is 10.1. The Labute approximate surface area is 120 Å². The molecule has 0 saturated heterocycles. The van der Waals surface area contributed by atoms with Crippen molar-refractivity contribution >= 4 is 10.9 Å². The molecule has 0 fully saturated rings. The van der Waals surface area contributed by atoms with E-state index in [1.165, 1.54) is 16.8 Å². The maximum atomic E-state index is 12.7. The molecule has 0 radical (unpaired) electrons. The van der Waals surface area contributed by atoms with Crippen LogP contribution in [0.4, 0.5) is 0 Å². The Morgan fingerprint density at radius 3 is 2.90 bits per heavy atom. The molecule has 3 aromatic heterocycles. The second-order valence-corrected chi connectivity index (χ2v) is 5.49. The zero-order valence-electron chi connectivity index (χ0n) is 12.1. The van der Waals surface area contributed by atoms with Crippen LogP contribution in [0.3, 0.4) is 0 Å². The first-order valence-corrected chi connectivity index (χ1v) is 7.13. The molecular weight excluding hydrogens is 268 g/mol. The van der Waals surface area contributed by atoms with Gasteiger partial charge < -0.3 is 4.57 Å². The van der Waals surface area contributed by atoms with Crippen LogP contribution >= 0.6 is 0 Å². The number of nitrogens with zero attached hydrogens (tertiary/aromatic N) is 6. The summed E-state index contributed by atoms with van der Waals surface area (Å²) < 4.78 is 5.11. The van der Waals surface area contributed by atoms with Crippen LogP contribution in [0.25, 0.3) is 16.9 Å². The summed E-state index contributed by atoms with van der Waals surface area (Å²) in [6.45, 7) is 2.76. The number of hydrogen-bond acceptors (Lipinski definition) is 4. The number of rotatable bonds is 1. The molecule has 4 heterocycles. The Morgan fingerprint density at radius 2 is 2.14 bits per heavy atom. The highest BCUT2D eigenvalue weighted by Crippen LogP contribution is 2.22. The minimum absolute atomic E-state index is 0.134. The van der Waals surface area contributed by atoms with Crippen molar-refractivity contribution < 1.29 is 0 Å². The van der Waals surface area contributed by atoms with E-state index in [4.69, 9.17) is 0 Å². The monoisotopic (exact) mass is 284 g/mol. The third-order valence-corrected chi connectivity index (χ3v) is 4.04. The lowest BCUT2D eigenvalue weighted by Crippen LogP contribution is -2.24. The van der Waals surface area contributed by atoms with Crippen LogP contribution in [-0.2, 0) is 20.0 Å². The molecule has 0 saturated carbocycles. The lowest BCUT2D eigenvalue weighted by Gasteiger charge is -2.15. The van der Waals surface area contributed by atoms with Crippen LogP contribution in [0.15, 0.2) is 17.1 Å². The molecule has 7 nitrogen and oxygen atoms in total. The van der Waals surface area contributed by atoms with Crippen molar-refractivity contribution in [3.05, 3.63) is 34.1 Å². The van der Waals surface area contributed by atoms with Crippen LogP contribution in [0.2, 0.25) is 0 Å². The third kappa shape index (κ3) is 1.73. The van der Waals surface area contributed by atoms with Crippen molar-refractivity contribution in [3.63, 3.8) is 0 Å². The Balaban J connectivity index is 1.99. The maximum absolute atomic E-state index is 12.7. The topological polar surface area (TPSA) is 70.5 Å². The summed E-state index contributed by atoms with van der Waals surface area (Å²) in [5.41, 5.74) is 2.01. The summed E-state index contributed by atoms with van der Waals surface area (Å²) in [5, 5.41) is 9.18. The van der Waals surface area contributed by atoms with E-state index >= 15 is 0 Å². The standard InChI is InChI=1S/C14H16N6O/c1-9-16-14(18(2)17-9)20-13(21)11-7-10-5-3-4-6-19(10)12(11)8-15-20/h7-8H,3-6H2,1-2H3. The van der Waals surface area contributed by atoms with Gasteiger partial charge in [0.15, 0.2) is 0 Å². The summed E-state index contributed by atoms with van der Waals surface area (Å²) in [6, 6.07) is 2.00. The van der Waals surface area contributed by atoms with E-state index in [0.717, 1.165) is 24.9 Å². The van der Waals surface area contributed by atoms with Crippen LogP contribution in [0.1, 0.15) is 24.4 Å². The Hall–Kier alpha value is -2.44. The summed E-state index contributed by atoms with van der Waals surface area (Å²) in [7, 11) is 1.76. The lowest BCUT2D eigenvalue weighted by molar-refractivity contribution is 0.544. The van der Waals surface area contributed by atoms with Crippen LogP contribution in [-0.4, -0.2) is 29.1 Å². The summed E-state index contributed by atoms with van der Waals surface area (Å²) >= 11 is 0. The highest BCUT2D eigenvalue weighted by Gasteiger charge is 2.18. The van der Waals surface area contributed by atoms with Crippen molar-refractivity contribution in [1.82, 2.24) is 29.1 Å². The van der Waals surface area contributed by atoms with Gasteiger partial charge in [0.25, 0.3) is 11.5 Å². The molecular formula is C14H16N6O. The van der Waals surface area contributed by atoms with Crippen molar-refractivity contribution in [3.8, 4) is 5.95 Å². The molecule has 0 spiro atoms. The van der Waals surface area contributed by atoms with E-state index in [1.54, 1.807) is 24.9 Å². The van der Waals surface area contributed by atoms with Gasteiger partial charge in [-0.05, 0) is 32.3 Å².